The van der Waals surface area contributed by atoms with E-state index in [1.54, 1.807) is 23.5 Å². The van der Waals surface area contributed by atoms with Crippen molar-refractivity contribution in [2.45, 2.75) is 13.2 Å². The number of hydrogen-bond donors (Lipinski definition) is 2. The van der Waals surface area contributed by atoms with Gasteiger partial charge < -0.3 is 20.0 Å². The molecule has 2 N–H and O–H groups in total. The molecule has 0 spiro atoms. The van der Waals surface area contributed by atoms with Crippen LogP contribution in [0.4, 0.5) is 5.69 Å². The third kappa shape index (κ3) is 4.07. The van der Waals surface area contributed by atoms with Crippen LogP contribution in [0, 0.1) is 0 Å². The van der Waals surface area contributed by atoms with Crippen LogP contribution in [0.15, 0.2) is 54.7 Å². The number of rotatable bonds is 5. The summed E-state index contributed by atoms with van der Waals surface area (Å²) in [6.07, 6.45) is 0.442. The minimum Gasteiger partial charge on any atom is -0.369 e. The number of aliphatic hydroxyl groups is 2. The Kier molecular flexibility index (Phi) is 5.45. The van der Waals surface area contributed by atoms with Gasteiger partial charge in [0.15, 0.2) is 6.29 Å². The largest absolute Gasteiger partial charge is 0.369 e. The third-order valence-corrected chi connectivity index (χ3v) is 6.82. The van der Waals surface area contributed by atoms with E-state index in [9.17, 15) is 10.2 Å². The lowest BCUT2D eigenvalue weighted by atomic mass is 10.1. The molecule has 1 aliphatic rings. The van der Waals surface area contributed by atoms with Crippen LogP contribution >= 0.6 is 11.3 Å². The zero-order chi connectivity index (χ0) is 21.4. The van der Waals surface area contributed by atoms with Gasteiger partial charge in [0.1, 0.15) is 5.01 Å². The first-order chi connectivity index (χ1) is 15.1. The van der Waals surface area contributed by atoms with E-state index in [1.165, 1.54) is 5.69 Å². The predicted molar refractivity (Wildman–Crippen MR) is 123 cm³/mol. The Morgan fingerprint density at radius 3 is 2.23 bits per heavy atom. The van der Waals surface area contributed by atoms with Crippen LogP contribution in [0.25, 0.3) is 26.8 Å². The molecule has 8 heteroatoms. The first-order valence-electron chi connectivity index (χ1n) is 10.5. The number of fused-ring (bicyclic) bond motifs is 1. The topological polar surface area (TPSA) is 77.1 Å². The van der Waals surface area contributed by atoms with Gasteiger partial charge in [0.05, 0.1) is 11.9 Å². The van der Waals surface area contributed by atoms with E-state index >= 15 is 0 Å². The van der Waals surface area contributed by atoms with Crippen molar-refractivity contribution in [3.05, 3.63) is 60.3 Å². The fourth-order valence-corrected chi connectivity index (χ4v) is 4.81. The summed E-state index contributed by atoms with van der Waals surface area (Å²) < 4.78 is 1.81. The van der Waals surface area contributed by atoms with Gasteiger partial charge in [-0.3, -0.25) is 0 Å². The molecule has 0 aliphatic carbocycles. The molecule has 2 aromatic carbocycles. The highest BCUT2D eigenvalue weighted by molar-refractivity contribution is 7.19. The summed E-state index contributed by atoms with van der Waals surface area (Å²) in [6.45, 7) is 7.72. The lowest BCUT2D eigenvalue weighted by Gasteiger charge is -2.35. The van der Waals surface area contributed by atoms with Gasteiger partial charge in [-0.05, 0) is 30.8 Å². The van der Waals surface area contributed by atoms with Crippen LogP contribution in [-0.4, -0.2) is 62.4 Å². The smallest absolute Gasteiger partial charge is 0.213 e. The lowest BCUT2D eigenvalue weighted by molar-refractivity contribution is -0.0424. The fraction of sp³-hybridized carbons (Fsp3) is 0.304. The molecule has 0 atom stereocenters. The van der Waals surface area contributed by atoms with Crippen molar-refractivity contribution in [1.29, 1.82) is 0 Å². The molecule has 4 aromatic rings. The second-order valence-corrected chi connectivity index (χ2v) is 8.68. The van der Waals surface area contributed by atoms with Crippen LogP contribution < -0.4 is 4.90 Å². The molecule has 0 radical (unpaired) electrons. The molecule has 1 aliphatic heterocycles. The Morgan fingerprint density at radius 1 is 0.935 bits per heavy atom. The second kappa shape index (κ2) is 8.39. The Labute approximate surface area is 184 Å². The van der Waals surface area contributed by atoms with Crippen molar-refractivity contribution in [2.75, 3.05) is 37.6 Å². The van der Waals surface area contributed by atoms with E-state index in [4.69, 9.17) is 10.1 Å². The van der Waals surface area contributed by atoms with Gasteiger partial charge in [-0.1, -0.05) is 42.5 Å². The molecule has 0 bridgehead atoms. The molecule has 7 nitrogen and oxygen atoms in total. The van der Waals surface area contributed by atoms with Crippen molar-refractivity contribution in [3.63, 3.8) is 0 Å². The normalized spacial score (nSPS) is 15.3. The van der Waals surface area contributed by atoms with E-state index in [0.29, 0.717) is 5.56 Å². The van der Waals surface area contributed by atoms with Crippen LogP contribution in [-0.2, 0) is 0 Å². The maximum absolute atomic E-state index is 9.24. The van der Waals surface area contributed by atoms with Crippen LogP contribution in [0.2, 0.25) is 0 Å². The van der Waals surface area contributed by atoms with E-state index < -0.39 is 6.29 Å². The molecule has 160 valence electrons. The van der Waals surface area contributed by atoms with Gasteiger partial charge in [0, 0.05) is 48.6 Å². The van der Waals surface area contributed by atoms with Gasteiger partial charge in [-0.2, -0.15) is 5.10 Å². The molecule has 0 unspecified atom stereocenters. The van der Waals surface area contributed by atoms with E-state index in [-0.39, 0.29) is 0 Å². The van der Waals surface area contributed by atoms with Crippen molar-refractivity contribution < 1.29 is 10.2 Å². The number of aromatic nitrogens is 3. The number of hydrogen-bond acceptors (Lipinski definition) is 7. The van der Waals surface area contributed by atoms with Crippen molar-refractivity contribution in [2.24, 2.45) is 0 Å². The maximum atomic E-state index is 9.24. The molecule has 1 fully saturated rings. The summed E-state index contributed by atoms with van der Waals surface area (Å²) in [5, 5.41) is 24.1. The molecule has 3 heterocycles. The first kappa shape index (κ1) is 20.1. The highest BCUT2D eigenvalue weighted by Crippen LogP contribution is 2.30. The lowest BCUT2D eigenvalue weighted by Crippen LogP contribution is -2.46. The summed E-state index contributed by atoms with van der Waals surface area (Å²) >= 11 is 1.56. The summed E-state index contributed by atoms with van der Waals surface area (Å²) in [4.78, 5) is 10.4. The minimum atomic E-state index is -1.46. The molecule has 1 saturated heterocycles. The number of benzene rings is 2. The van der Waals surface area contributed by atoms with Gasteiger partial charge in [-0.25, -0.2) is 9.50 Å². The van der Waals surface area contributed by atoms with E-state index in [2.05, 4.69) is 41.0 Å². The monoisotopic (exact) mass is 435 g/mol. The van der Waals surface area contributed by atoms with E-state index in [0.717, 1.165) is 59.5 Å². The summed E-state index contributed by atoms with van der Waals surface area (Å²) in [7, 11) is 0. The summed E-state index contributed by atoms with van der Waals surface area (Å²) in [6, 6.07) is 15.7. The van der Waals surface area contributed by atoms with Gasteiger partial charge >= 0.3 is 0 Å². The molecular weight excluding hydrogens is 410 g/mol. The summed E-state index contributed by atoms with van der Waals surface area (Å²) in [5.74, 6) is 0. The van der Waals surface area contributed by atoms with Crippen LogP contribution in [0.3, 0.4) is 0 Å². The molecule has 2 aromatic heterocycles. The molecule has 31 heavy (non-hydrogen) atoms. The Hall–Kier alpha value is -2.78. The molecule has 0 amide bonds. The van der Waals surface area contributed by atoms with Crippen molar-refractivity contribution >= 4 is 22.0 Å². The van der Waals surface area contributed by atoms with Crippen molar-refractivity contribution in [3.8, 4) is 21.8 Å². The molecule has 0 saturated carbocycles. The first-order valence-corrected chi connectivity index (χ1v) is 11.3. The maximum Gasteiger partial charge on any atom is 0.213 e. The van der Waals surface area contributed by atoms with E-state index in [1.807, 2.05) is 22.8 Å². The zero-order valence-corrected chi connectivity index (χ0v) is 18.2. The quantitative estimate of drug-likeness (QED) is 0.469. The predicted octanol–water partition coefficient (Wildman–Crippen LogP) is 3.25. The zero-order valence-electron chi connectivity index (χ0n) is 17.3. The van der Waals surface area contributed by atoms with Gasteiger partial charge in [0.2, 0.25) is 4.96 Å². The molecular formula is C23H25N5O2S. The molecule has 5 rings (SSSR count). The summed E-state index contributed by atoms with van der Waals surface area (Å²) in [5.41, 5.74) is 4.54. The Bertz CT molecular complexity index is 1130. The average molecular weight is 436 g/mol. The second-order valence-electron chi connectivity index (χ2n) is 7.72. The van der Waals surface area contributed by atoms with Crippen LogP contribution in [0.1, 0.15) is 18.8 Å². The SMILES string of the molecule is CCN1CCN(c2ccc(-c3nn4cc(-c5ccc(C(O)O)cc5)nc4s3)cc2)CC1. The fourth-order valence-electron chi connectivity index (χ4n) is 3.92. The third-order valence-electron chi connectivity index (χ3n) is 5.85. The number of aliphatic hydroxyl groups excluding tert-OH is 1. The Balaban J connectivity index is 1.32. The highest BCUT2D eigenvalue weighted by Gasteiger charge is 2.16. The number of nitrogens with zero attached hydrogens (tertiary/aromatic N) is 5. The van der Waals surface area contributed by atoms with Gasteiger partial charge in [0.25, 0.3) is 0 Å². The number of anilines is 1. The van der Waals surface area contributed by atoms with Crippen molar-refractivity contribution in [1.82, 2.24) is 19.5 Å². The average Bonchev–Trinajstić information content (AvgIpc) is 3.39. The number of imidazole rings is 1. The Morgan fingerprint density at radius 2 is 1.61 bits per heavy atom. The standard InChI is InChI=1S/C23H25N5O2S/c1-2-26-11-13-27(14-12-26)19-9-7-17(8-10-19)21-25-28-15-20(24-23(28)31-21)16-3-5-18(6-4-16)22(29)30/h3-10,15,22,29-30H,2,11-14H2,1H3. The van der Waals surface area contributed by atoms with Gasteiger partial charge in [-0.15, -0.1) is 0 Å². The minimum absolute atomic E-state index is 0.459. The van der Waals surface area contributed by atoms with Crippen LogP contribution in [0.5, 0.6) is 0 Å². The number of piperazine rings is 1. The highest BCUT2D eigenvalue weighted by atomic mass is 32.1. The number of likely N-dealkylation sites (N-methyl/N-ethyl adjacent to an activating group) is 1.